The zero-order valence-electron chi connectivity index (χ0n) is 12.7. The molecule has 2 aliphatic heterocycles. The average molecular weight is 298 g/mol. The molecule has 2 unspecified atom stereocenters. The molecule has 2 saturated heterocycles. The Morgan fingerprint density at radius 3 is 2.95 bits per heavy atom. The lowest BCUT2D eigenvalue weighted by Gasteiger charge is -2.12. The minimum atomic E-state index is -0.248. The predicted octanol–water partition coefficient (Wildman–Crippen LogP) is 2.83. The van der Waals surface area contributed by atoms with E-state index in [-0.39, 0.29) is 5.82 Å². The quantitative estimate of drug-likeness (QED) is 0.487. The van der Waals surface area contributed by atoms with Gasteiger partial charge in [-0.1, -0.05) is 17.0 Å². The summed E-state index contributed by atoms with van der Waals surface area (Å²) in [5, 5.41) is 4.25. The number of fused-ring (bicyclic) bond motifs is 2. The summed E-state index contributed by atoms with van der Waals surface area (Å²) in [6.45, 7) is 5.65. The van der Waals surface area contributed by atoms with Crippen molar-refractivity contribution < 1.29 is 9.23 Å². The molecule has 2 heterocycles. The number of oxime groups is 1. The molecule has 2 bridgehead atoms. The van der Waals surface area contributed by atoms with Gasteiger partial charge in [0.1, 0.15) is 12.4 Å². The van der Waals surface area contributed by atoms with Gasteiger partial charge in [-0.15, -0.1) is 0 Å². The van der Waals surface area contributed by atoms with Crippen molar-refractivity contribution in [2.24, 2.45) is 11.1 Å². The molecule has 0 radical (unpaired) electrons. The fourth-order valence-corrected chi connectivity index (χ4v) is 2.75. The van der Waals surface area contributed by atoms with Gasteiger partial charge in [-0.2, -0.15) is 0 Å². The number of piperidine rings is 1. The van der Waals surface area contributed by atoms with Gasteiger partial charge >= 0.3 is 0 Å². The topological polar surface area (TPSA) is 24.8 Å². The van der Waals surface area contributed by atoms with E-state index < -0.39 is 0 Å². The molecule has 1 aromatic carbocycles. The number of hydrogen-bond acceptors (Lipinski definition) is 3. The largest absolute Gasteiger partial charge is 0.392 e. The van der Waals surface area contributed by atoms with E-state index in [9.17, 15) is 4.39 Å². The zero-order valence-corrected chi connectivity index (χ0v) is 12.7. The third-order valence-corrected chi connectivity index (χ3v) is 4.02. The minimum absolute atomic E-state index is 0.248. The van der Waals surface area contributed by atoms with Gasteiger partial charge in [0.25, 0.3) is 0 Å². The second kappa shape index (κ2) is 6.76. The molecule has 3 nitrogen and oxygen atoms in total. The number of benzene rings is 1. The second-order valence-electron chi connectivity index (χ2n) is 5.74. The highest BCUT2D eigenvalue weighted by Gasteiger charge is 2.35. The molecule has 2 fully saturated rings. The van der Waals surface area contributed by atoms with Gasteiger partial charge in [0.15, 0.2) is 0 Å². The first-order valence-electron chi connectivity index (χ1n) is 7.56. The molecule has 0 spiro atoms. The number of allylic oxidation sites excluding steroid dienone is 1. The average Bonchev–Trinajstić information content (AvgIpc) is 3.14. The van der Waals surface area contributed by atoms with Crippen LogP contribution in [-0.4, -0.2) is 36.9 Å². The Kier molecular flexibility index (Phi) is 4.55. The van der Waals surface area contributed by atoms with E-state index in [1.165, 1.54) is 30.8 Å². The van der Waals surface area contributed by atoms with Crippen LogP contribution in [0.2, 0.25) is 0 Å². The van der Waals surface area contributed by atoms with E-state index in [1.807, 2.05) is 13.0 Å². The van der Waals surface area contributed by atoms with Crippen LogP contribution < -0.4 is 0 Å². The molecule has 1 aromatic rings. The van der Waals surface area contributed by atoms with Crippen LogP contribution in [-0.2, 0) is 4.84 Å². The van der Waals surface area contributed by atoms with E-state index in [0.717, 1.165) is 24.2 Å². The normalized spacial score (nSPS) is 25.2. The first-order chi connectivity index (χ1) is 10.7. The van der Waals surface area contributed by atoms with Crippen molar-refractivity contribution in [2.75, 3.05) is 26.2 Å². The van der Waals surface area contributed by atoms with Gasteiger partial charge in [0.2, 0.25) is 0 Å². The molecule has 0 saturated carbocycles. The maximum Gasteiger partial charge on any atom is 0.136 e. The summed E-state index contributed by atoms with van der Waals surface area (Å²) in [7, 11) is 0. The third-order valence-electron chi connectivity index (χ3n) is 4.02. The fraction of sp³-hybridized carbons (Fsp3) is 0.389. The Bertz CT molecular complexity index is 652. The Hall–Kier alpha value is -2.12. The van der Waals surface area contributed by atoms with Crippen LogP contribution in [0.25, 0.3) is 0 Å². The van der Waals surface area contributed by atoms with Gasteiger partial charge in [-0.25, -0.2) is 4.39 Å². The smallest absolute Gasteiger partial charge is 0.136 e. The Morgan fingerprint density at radius 2 is 2.27 bits per heavy atom. The molecule has 0 aromatic heterocycles. The molecule has 3 rings (SSSR count). The highest BCUT2D eigenvalue weighted by atomic mass is 19.1. The molecule has 0 amide bonds. The summed E-state index contributed by atoms with van der Waals surface area (Å²) in [6.07, 6.45) is 3.12. The maximum absolute atomic E-state index is 12.8. The first-order valence-corrected chi connectivity index (χ1v) is 7.56. The first kappa shape index (κ1) is 14.8. The second-order valence-corrected chi connectivity index (χ2v) is 5.74. The molecule has 2 atom stereocenters. The van der Waals surface area contributed by atoms with Crippen LogP contribution >= 0.6 is 0 Å². The molecule has 0 N–H and O–H groups in total. The van der Waals surface area contributed by atoms with E-state index in [1.54, 1.807) is 12.1 Å². The molecule has 114 valence electrons. The number of halogens is 1. The van der Waals surface area contributed by atoms with Gasteiger partial charge < -0.3 is 4.84 Å². The molecule has 4 heteroatoms. The summed E-state index contributed by atoms with van der Waals surface area (Å²) in [5.41, 5.74) is 2.89. The molecule has 22 heavy (non-hydrogen) atoms. The van der Waals surface area contributed by atoms with Crippen LogP contribution in [0.1, 0.15) is 18.9 Å². The molecular weight excluding hydrogens is 279 g/mol. The van der Waals surface area contributed by atoms with Crippen LogP contribution in [0.15, 0.2) is 41.1 Å². The Labute approximate surface area is 130 Å². The lowest BCUT2D eigenvalue weighted by Crippen LogP contribution is -2.23. The van der Waals surface area contributed by atoms with Crippen LogP contribution in [0.3, 0.4) is 0 Å². The van der Waals surface area contributed by atoms with Gasteiger partial charge in [-0.05, 0) is 55.8 Å². The van der Waals surface area contributed by atoms with Crippen molar-refractivity contribution in [1.29, 1.82) is 0 Å². The summed E-state index contributed by atoms with van der Waals surface area (Å²) >= 11 is 0. The van der Waals surface area contributed by atoms with Crippen LogP contribution in [0.4, 0.5) is 4.39 Å². The van der Waals surface area contributed by atoms with Crippen molar-refractivity contribution in [3.63, 3.8) is 0 Å². The predicted molar refractivity (Wildman–Crippen MR) is 85.0 cm³/mol. The molecular formula is C18H19FN2O. The minimum Gasteiger partial charge on any atom is -0.392 e. The summed E-state index contributed by atoms with van der Waals surface area (Å²) in [4.78, 5) is 7.78. The SMILES string of the molecule is C/C(C#Cc1ccc(F)cc1)=C/CO/N=C1/CN2CCC1C2. The number of nitrogens with zero attached hydrogens (tertiary/aromatic N) is 2. The van der Waals surface area contributed by atoms with E-state index in [2.05, 4.69) is 21.9 Å². The number of hydrogen-bond donors (Lipinski definition) is 0. The summed E-state index contributed by atoms with van der Waals surface area (Å²) in [6, 6.07) is 6.16. The monoisotopic (exact) mass is 298 g/mol. The van der Waals surface area contributed by atoms with Gasteiger partial charge in [-0.3, -0.25) is 4.90 Å². The van der Waals surface area contributed by atoms with Crippen molar-refractivity contribution in [3.05, 3.63) is 47.3 Å². The lowest BCUT2D eigenvalue weighted by atomic mass is 10.0. The van der Waals surface area contributed by atoms with E-state index in [0.29, 0.717) is 12.5 Å². The summed E-state index contributed by atoms with van der Waals surface area (Å²) < 4.78 is 12.8. The lowest BCUT2D eigenvalue weighted by molar-refractivity contribution is 0.171. The highest BCUT2D eigenvalue weighted by Crippen LogP contribution is 2.25. The Balaban J connectivity index is 1.48. The van der Waals surface area contributed by atoms with Crippen LogP contribution in [0, 0.1) is 23.6 Å². The standard InChI is InChI=1S/C18H19FN2O/c1-14(2-3-15-4-6-17(19)7-5-15)9-11-22-20-18-13-21-10-8-16(18)12-21/h4-7,9,16H,8,10-13H2,1H3/b14-9-,20-18-. The molecule has 0 aliphatic carbocycles. The van der Waals surface area contributed by atoms with Crippen molar-refractivity contribution in [1.82, 2.24) is 4.90 Å². The van der Waals surface area contributed by atoms with Crippen molar-refractivity contribution in [2.45, 2.75) is 13.3 Å². The van der Waals surface area contributed by atoms with Crippen LogP contribution in [0.5, 0.6) is 0 Å². The summed E-state index contributed by atoms with van der Waals surface area (Å²) in [5.74, 6) is 6.37. The van der Waals surface area contributed by atoms with Gasteiger partial charge in [0, 0.05) is 24.6 Å². The number of rotatable bonds is 3. The van der Waals surface area contributed by atoms with Gasteiger partial charge in [0.05, 0.1) is 5.71 Å². The van der Waals surface area contributed by atoms with E-state index >= 15 is 0 Å². The third kappa shape index (κ3) is 3.75. The molecule has 2 aliphatic rings. The van der Waals surface area contributed by atoms with E-state index in [4.69, 9.17) is 4.84 Å². The Morgan fingerprint density at radius 1 is 1.45 bits per heavy atom. The zero-order chi connectivity index (χ0) is 15.4. The highest BCUT2D eigenvalue weighted by molar-refractivity contribution is 5.91. The maximum atomic E-state index is 12.8. The van der Waals surface area contributed by atoms with Crippen molar-refractivity contribution in [3.8, 4) is 11.8 Å². The van der Waals surface area contributed by atoms with Crippen molar-refractivity contribution >= 4 is 5.71 Å². The fourth-order valence-electron chi connectivity index (χ4n) is 2.75.